The lowest BCUT2D eigenvalue weighted by atomic mass is 10.0. The lowest BCUT2D eigenvalue weighted by molar-refractivity contribution is -0.385. The van der Waals surface area contributed by atoms with E-state index in [1.54, 1.807) is 0 Å². The number of non-ortho nitro benzene ring substituents is 1. The van der Waals surface area contributed by atoms with Gasteiger partial charge in [0.15, 0.2) is 0 Å². The zero-order valence-corrected chi connectivity index (χ0v) is 9.18. The molecule has 17 heavy (non-hydrogen) atoms. The van der Waals surface area contributed by atoms with Crippen molar-refractivity contribution in [1.82, 2.24) is 0 Å². The summed E-state index contributed by atoms with van der Waals surface area (Å²) in [6.45, 7) is 3.94. The van der Waals surface area contributed by atoms with E-state index in [0.717, 1.165) is 6.07 Å². The van der Waals surface area contributed by atoms with Crippen LogP contribution in [0.3, 0.4) is 0 Å². The molecule has 0 aliphatic rings. The molecule has 1 rings (SSSR count). The molecule has 91 valence electrons. The summed E-state index contributed by atoms with van der Waals surface area (Å²) in [6, 6.07) is 3.69. The molecule has 0 saturated heterocycles. The molecule has 0 N–H and O–H groups in total. The molecule has 1 aromatic carbocycles. The van der Waals surface area contributed by atoms with Gasteiger partial charge in [0.2, 0.25) is 0 Å². The molecular formula is C11H11FNO4. The molecule has 1 unspecified atom stereocenters. The summed E-state index contributed by atoms with van der Waals surface area (Å²) in [5.74, 6) is -1.31. The van der Waals surface area contributed by atoms with Crippen molar-refractivity contribution in [1.29, 1.82) is 0 Å². The third kappa shape index (κ3) is 3.51. The topological polar surface area (TPSA) is 69.4 Å². The van der Waals surface area contributed by atoms with Gasteiger partial charge in [-0.3, -0.25) is 19.3 Å². The first-order valence-electron chi connectivity index (χ1n) is 4.81. The highest BCUT2D eigenvalue weighted by Gasteiger charge is 2.15. The van der Waals surface area contributed by atoms with Crippen LogP contribution in [-0.4, -0.2) is 17.6 Å². The summed E-state index contributed by atoms with van der Waals surface area (Å²) in [5.41, 5.74) is 0.0544. The SMILES string of the molecule is [CH2]C(CF)c1cc(OC(C)=O)cc([N+](=O)[O-])c1. The van der Waals surface area contributed by atoms with Crippen LogP contribution in [0.5, 0.6) is 5.75 Å². The zero-order valence-electron chi connectivity index (χ0n) is 9.18. The fourth-order valence-electron chi connectivity index (χ4n) is 1.26. The van der Waals surface area contributed by atoms with Crippen LogP contribution in [0.2, 0.25) is 0 Å². The fraction of sp³-hybridized carbons (Fsp3) is 0.273. The number of alkyl halides is 1. The minimum absolute atomic E-state index is 0.0174. The summed E-state index contributed by atoms with van der Waals surface area (Å²) >= 11 is 0. The van der Waals surface area contributed by atoms with Gasteiger partial charge in [-0.25, -0.2) is 0 Å². The van der Waals surface area contributed by atoms with Crippen molar-refractivity contribution in [2.24, 2.45) is 0 Å². The predicted octanol–water partition coefficient (Wildman–Crippen LogP) is 2.41. The molecule has 0 aromatic heterocycles. The van der Waals surface area contributed by atoms with Gasteiger partial charge in [-0.15, -0.1) is 0 Å². The van der Waals surface area contributed by atoms with E-state index >= 15 is 0 Å². The molecule has 1 atom stereocenters. The number of carbonyl (C=O) groups is 1. The third-order valence-corrected chi connectivity index (χ3v) is 2.04. The average Bonchev–Trinajstić information content (AvgIpc) is 2.26. The number of halogens is 1. The number of hydrogen-bond donors (Lipinski definition) is 0. The van der Waals surface area contributed by atoms with E-state index < -0.39 is 23.5 Å². The van der Waals surface area contributed by atoms with E-state index in [0.29, 0.717) is 5.56 Å². The standard InChI is InChI=1S/C11H11FNO4/c1-7(6-12)9-3-10(13(15)16)5-11(4-9)17-8(2)14/h3-5,7H,1,6H2,2H3. The van der Waals surface area contributed by atoms with Crippen LogP contribution in [0, 0.1) is 17.0 Å². The summed E-state index contributed by atoms with van der Waals surface area (Å²) in [4.78, 5) is 20.8. The first-order chi connectivity index (χ1) is 7.93. The Labute approximate surface area is 97.3 Å². The highest BCUT2D eigenvalue weighted by Crippen LogP contribution is 2.27. The van der Waals surface area contributed by atoms with Gasteiger partial charge in [-0.05, 0) is 18.6 Å². The van der Waals surface area contributed by atoms with E-state index in [2.05, 4.69) is 6.92 Å². The molecular weight excluding hydrogens is 229 g/mol. The molecule has 0 aliphatic heterocycles. The molecule has 6 heteroatoms. The summed E-state index contributed by atoms with van der Waals surface area (Å²) in [5, 5.41) is 10.7. The van der Waals surface area contributed by atoms with Crippen molar-refractivity contribution in [2.45, 2.75) is 12.8 Å². The molecule has 0 saturated carbocycles. The molecule has 1 aromatic rings. The molecule has 0 spiro atoms. The minimum atomic E-state index is -0.749. The van der Waals surface area contributed by atoms with E-state index in [-0.39, 0.29) is 11.4 Å². The number of esters is 1. The summed E-state index contributed by atoms with van der Waals surface area (Å²) < 4.78 is 17.2. The third-order valence-electron chi connectivity index (χ3n) is 2.04. The molecule has 0 heterocycles. The number of nitro benzene ring substituents is 1. The van der Waals surface area contributed by atoms with Gasteiger partial charge in [0.1, 0.15) is 5.75 Å². The number of carbonyl (C=O) groups excluding carboxylic acids is 1. The van der Waals surface area contributed by atoms with Gasteiger partial charge in [0.05, 0.1) is 17.7 Å². The van der Waals surface area contributed by atoms with Crippen molar-refractivity contribution >= 4 is 11.7 Å². The Morgan fingerprint density at radius 2 is 2.24 bits per heavy atom. The van der Waals surface area contributed by atoms with Crippen molar-refractivity contribution in [3.63, 3.8) is 0 Å². The van der Waals surface area contributed by atoms with E-state index in [1.165, 1.54) is 19.1 Å². The molecule has 1 radical (unpaired) electrons. The largest absolute Gasteiger partial charge is 0.426 e. The molecule has 0 amide bonds. The Balaban J connectivity index is 3.18. The molecule has 0 aliphatic carbocycles. The van der Waals surface area contributed by atoms with Crippen LogP contribution in [0.1, 0.15) is 18.4 Å². The second-order valence-electron chi connectivity index (χ2n) is 3.46. The van der Waals surface area contributed by atoms with Gasteiger partial charge in [0.25, 0.3) is 5.69 Å². The Hall–Kier alpha value is -1.98. The Morgan fingerprint density at radius 3 is 2.71 bits per heavy atom. The molecule has 0 bridgehead atoms. The van der Waals surface area contributed by atoms with Crippen molar-refractivity contribution < 1.29 is 18.8 Å². The predicted molar refractivity (Wildman–Crippen MR) is 58.5 cm³/mol. The number of nitro groups is 1. The zero-order chi connectivity index (χ0) is 13.0. The Morgan fingerprint density at radius 1 is 1.59 bits per heavy atom. The van der Waals surface area contributed by atoms with Gasteiger partial charge in [-0.2, -0.15) is 0 Å². The lowest BCUT2D eigenvalue weighted by Crippen LogP contribution is -2.04. The Kier molecular flexibility index (Phi) is 4.14. The quantitative estimate of drug-likeness (QED) is 0.350. The van der Waals surface area contributed by atoms with E-state index in [4.69, 9.17) is 4.74 Å². The van der Waals surface area contributed by atoms with Crippen molar-refractivity contribution in [3.8, 4) is 5.75 Å². The van der Waals surface area contributed by atoms with Crippen LogP contribution in [-0.2, 0) is 4.79 Å². The highest BCUT2D eigenvalue weighted by atomic mass is 19.1. The Bertz CT molecular complexity index is 447. The monoisotopic (exact) mass is 240 g/mol. The van der Waals surface area contributed by atoms with Gasteiger partial charge in [0, 0.05) is 18.9 Å². The van der Waals surface area contributed by atoms with Crippen LogP contribution in [0.25, 0.3) is 0 Å². The molecule has 5 nitrogen and oxygen atoms in total. The number of hydrogen-bond acceptors (Lipinski definition) is 4. The van der Waals surface area contributed by atoms with Crippen LogP contribution >= 0.6 is 0 Å². The maximum absolute atomic E-state index is 12.5. The maximum Gasteiger partial charge on any atom is 0.308 e. The van der Waals surface area contributed by atoms with Crippen molar-refractivity contribution in [2.75, 3.05) is 6.67 Å². The second kappa shape index (κ2) is 5.38. The normalized spacial score (nSPS) is 11.9. The van der Waals surface area contributed by atoms with Gasteiger partial charge < -0.3 is 4.74 Å². The first-order valence-corrected chi connectivity index (χ1v) is 4.81. The number of ether oxygens (including phenoxy) is 1. The smallest absolute Gasteiger partial charge is 0.308 e. The lowest BCUT2D eigenvalue weighted by Gasteiger charge is -2.09. The summed E-state index contributed by atoms with van der Waals surface area (Å²) in [7, 11) is 0. The van der Waals surface area contributed by atoms with Gasteiger partial charge in [-0.1, -0.05) is 0 Å². The minimum Gasteiger partial charge on any atom is -0.426 e. The highest BCUT2D eigenvalue weighted by molar-refractivity contribution is 5.69. The van der Waals surface area contributed by atoms with Crippen LogP contribution < -0.4 is 4.74 Å². The van der Waals surface area contributed by atoms with Crippen LogP contribution in [0.15, 0.2) is 18.2 Å². The first kappa shape index (κ1) is 13.1. The summed E-state index contributed by atoms with van der Waals surface area (Å²) in [6.07, 6.45) is 0. The number of rotatable bonds is 4. The fourth-order valence-corrected chi connectivity index (χ4v) is 1.26. The number of benzene rings is 1. The van der Waals surface area contributed by atoms with E-state index in [9.17, 15) is 19.3 Å². The van der Waals surface area contributed by atoms with Crippen LogP contribution in [0.4, 0.5) is 10.1 Å². The number of nitrogens with zero attached hydrogens (tertiary/aromatic N) is 1. The average molecular weight is 240 g/mol. The van der Waals surface area contributed by atoms with E-state index in [1.807, 2.05) is 0 Å². The van der Waals surface area contributed by atoms with Crippen molar-refractivity contribution in [3.05, 3.63) is 40.8 Å². The molecule has 0 fully saturated rings. The second-order valence-corrected chi connectivity index (χ2v) is 3.46. The maximum atomic E-state index is 12.5. The van der Waals surface area contributed by atoms with Gasteiger partial charge >= 0.3 is 5.97 Å².